The van der Waals surface area contributed by atoms with Crippen molar-refractivity contribution in [3.63, 3.8) is 0 Å². The molecule has 0 aliphatic rings. The van der Waals surface area contributed by atoms with Gasteiger partial charge in [-0.05, 0) is 18.1 Å². The van der Waals surface area contributed by atoms with Crippen LogP contribution in [0.2, 0.25) is 0 Å². The van der Waals surface area contributed by atoms with E-state index in [1.807, 2.05) is 61.5 Å². The van der Waals surface area contributed by atoms with Crippen molar-refractivity contribution in [3.05, 3.63) is 54.6 Å². The standard InChI is InChI=1S/C19H22N2O3/c1-2-3-13-18(22)20-21-19(23)14-24-17-12-8-7-11-16(17)15-9-5-4-6-10-15/h4-12H,2-3,13-14H2,1H3,(H,20,22)(H,21,23). The number of nitrogens with one attached hydrogen (secondary N) is 2. The normalized spacial score (nSPS) is 10.0. The number of carbonyl (C=O) groups is 2. The molecule has 0 saturated carbocycles. The molecule has 0 atom stereocenters. The van der Waals surface area contributed by atoms with Crippen LogP contribution < -0.4 is 15.6 Å². The van der Waals surface area contributed by atoms with Crippen LogP contribution >= 0.6 is 0 Å². The van der Waals surface area contributed by atoms with Crippen molar-refractivity contribution in [3.8, 4) is 16.9 Å². The van der Waals surface area contributed by atoms with Crippen LogP contribution in [-0.4, -0.2) is 18.4 Å². The third kappa shape index (κ3) is 5.43. The summed E-state index contributed by atoms with van der Waals surface area (Å²) < 4.78 is 5.60. The number of amides is 2. The molecule has 2 aromatic rings. The van der Waals surface area contributed by atoms with Crippen LogP contribution in [0.25, 0.3) is 11.1 Å². The van der Waals surface area contributed by atoms with E-state index in [4.69, 9.17) is 4.74 Å². The molecule has 2 aromatic carbocycles. The van der Waals surface area contributed by atoms with E-state index >= 15 is 0 Å². The lowest BCUT2D eigenvalue weighted by atomic mass is 10.1. The summed E-state index contributed by atoms with van der Waals surface area (Å²) in [7, 11) is 0. The minimum atomic E-state index is -0.400. The molecule has 0 aliphatic carbocycles. The molecular formula is C19H22N2O3. The van der Waals surface area contributed by atoms with Crippen LogP contribution in [0.3, 0.4) is 0 Å². The van der Waals surface area contributed by atoms with Gasteiger partial charge in [-0.3, -0.25) is 20.4 Å². The highest BCUT2D eigenvalue weighted by molar-refractivity contribution is 5.83. The topological polar surface area (TPSA) is 67.4 Å². The third-order valence-electron chi connectivity index (χ3n) is 3.43. The first-order valence-corrected chi connectivity index (χ1v) is 8.05. The lowest BCUT2D eigenvalue weighted by Crippen LogP contribution is -2.43. The Balaban J connectivity index is 1.88. The smallest absolute Gasteiger partial charge is 0.276 e. The number of hydrogen-bond donors (Lipinski definition) is 2. The Hall–Kier alpha value is -2.82. The molecule has 0 saturated heterocycles. The largest absolute Gasteiger partial charge is 0.483 e. The van der Waals surface area contributed by atoms with Gasteiger partial charge in [0.2, 0.25) is 5.91 Å². The zero-order valence-electron chi connectivity index (χ0n) is 13.7. The van der Waals surface area contributed by atoms with Crippen molar-refractivity contribution in [1.82, 2.24) is 10.9 Å². The number of hydrazine groups is 1. The predicted molar refractivity (Wildman–Crippen MR) is 93.2 cm³/mol. The first kappa shape index (κ1) is 17.5. The SMILES string of the molecule is CCCCC(=O)NNC(=O)COc1ccccc1-c1ccccc1. The number of unbranched alkanes of at least 4 members (excludes halogenated alkanes) is 1. The number of para-hydroxylation sites is 1. The Labute approximate surface area is 142 Å². The molecule has 5 nitrogen and oxygen atoms in total. The Morgan fingerprint density at radius 1 is 0.917 bits per heavy atom. The predicted octanol–water partition coefficient (Wildman–Crippen LogP) is 3.07. The van der Waals surface area contributed by atoms with Crippen LogP contribution in [0.4, 0.5) is 0 Å². The molecule has 0 unspecified atom stereocenters. The average Bonchev–Trinajstić information content (AvgIpc) is 2.64. The van der Waals surface area contributed by atoms with E-state index in [1.54, 1.807) is 0 Å². The van der Waals surface area contributed by atoms with Crippen LogP contribution in [-0.2, 0) is 9.59 Å². The van der Waals surface area contributed by atoms with Gasteiger partial charge in [-0.2, -0.15) is 0 Å². The zero-order chi connectivity index (χ0) is 17.2. The number of benzene rings is 2. The molecule has 24 heavy (non-hydrogen) atoms. The maximum Gasteiger partial charge on any atom is 0.276 e. The van der Waals surface area contributed by atoms with Crippen molar-refractivity contribution in [2.45, 2.75) is 26.2 Å². The van der Waals surface area contributed by atoms with E-state index in [0.29, 0.717) is 12.2 Å². The van der Waals surface area contributed by atoms with E-state index in [2.05, 4.69) is 10.9 Å². The van der Waals surface area contributed by atoms with Crippen LogP contribution in [0, 0.1) is 0 Å². The third-order valence-corrected chi connectivity index (χ3v) is 3.43. The molecular weight excluding hydrogens is 304 g/mol. The fraction of sp³-hybridized carbons (Fsp3) is 0.263. The molecule has 2 amide bonds. The van der Waals surface area contributed by atoms with Gasteiger partial charge in [0.25, 0.3) is 5.91 Å². The maximum atomic E-state index is 11.8. The van der Waals surface area contributed by atoms with Gasteiger partial charge in [-0.15, -0.1) is 0 Å². The van der Waals surface area contributed by atoms with Gasteiger partial charge in [0.15, 0.2) is 6.61 Å². The Bertz CT molecular complexity index is 671. The monoisotopic (exact) mass is 326 g/mol. The summed E-state index contributed by atoms with van der Waals surface area (Å²) in [6, 6.07) is 17.3. The summed E-state index contributed by atoms with van der Waals surface area (Å²) in [6.07, 6.45) is 2.12. The maximum absolute atomic E-state index is 11.8. The summed E-state index contributed by atoms with van der Waals surface area (Å²) in [4.78, 5) is 23.2. The van der Waals surface area contributed by atoms with Gasteiger partial charge in [-0.25, -0.2) is 0 Å². The number of ether oxygens (including phenoxy) is 1. The number of carbonyl (C=O) groups excluding carboxylic acids is 2. The highest BCUT2D eigenvalue weighted by Crippen LogP contribution is 2.29. The fourth-order valence-electron chi connectivity index (χ4n) is 2.17. The van der Waals surface area contributed by atoms with Gasteiger partial charge in [-0.1, -0.05) is 61.9 Å². The average molecular weight is 326 g/mol. The highest BCUT2D eigenvalue weighted by Gasteiger charge is 2.09. The molecule has 0 spiro atoms. The van der Waals surface area contributed by atoms with Crippen molar-refractivity contribution < 1.29 is 14.3 Å². The van der Waals surface area contributed by atoms with Crippen LogP contribution in [0.15, 0.2) is 54.6 Å². The Morgan fingerprint density at radius 2 is 1.58 bits per heavy atom. The zero-order valence-corrected chi connectivity index (χ0v) is 13.7. The van der Waals surface area contributed by atoms with E-state index in [-0.39, 0.29) is 12.5 Å². The van der Waals surface area contributed by atoms with E-state index in [1.165, 1.54) is 0 Å². The highest BCUT2D eigenvalue weighted by atomic mass is 16.5. The molecule has 5 heteroatoms. The van der Waals surface area contributed by atoms with Crippen molar-refractivity contribution in [1.29, 1.82) is 0 Å². The molecule has 0 radical (unpaired) electrons. The summed E-state index contributed by atoms with van der Waals surface area (Å²) >= 11 is 0. The second kappa shape index (κ2) is 9.35. The van der Waals surface area contributed by atoms with Gasteiger partial charge in [0.1, 0.15) is 5.75 Å². The van der Waals surface area contributed by atoms with E-state index in [0.717, 1.165) is 24.0 Å². The second-order valence-corrected chi connectivity index (χ2v) is 5.35. The molecule has 0 bridgehead atoms. The minimum Gasteiger partial charge on any atom is -0.483 e. The van der Waals surface area contributed by atoms with Gasteiger partial charge < -0.3 is 4.74 Å². The van der Waals surface area contributed by atoms with E-state index in [9.17, 15) is 9.59 Å². The van der Waals surface area contributed by atoms with Gasteiger partial charge in [0.05, 0.1) is 0 Å². The Kier molecular flexibility index (Phi) is 6.83. The van der Waals surface area contributed by atoms with Crippen molar-refractivity contribution >= 4 is 11.8 Å². The van der Waals surface area contributed by atoms with Crippen molar-refractivity contribution in [2.24, 2.45) is 0 Å². The minimum absolute atomic E-state index is 0.169. The summed E-state index contributed by atoms with van der Waals surface area (Å²) in [5.74, 6) is 0.0220. The molecule has 0 aliphatic heterocycles. The fourth-order valence-corrected chi connectivity index (χ4v) is 2.17. The van der Waals surface area contributed by atoms with Gasteiger partial charge in [0, 0.05) is 12.0 Å². The molecule has 0 fully saturated rings. The van der Waals surface area contributed by atoms with E-state index < -0.39 is 5.91 Å². The first-order chi connectivity index (χ1) is 11.7. The molecule has 126 valence electrons. The molecule has 2 N–H and O–H groups in total. The van der Waals surface area contributed by atoms with Crippen molar-refractivity contribution in [2.75, 3.05) is 6.61 Å². The van der Waals surface area contributed by atoms with Gasteiger partial charge >= 0.3 is 0 Å². The lowest BCUT2D eigenvalue weighted by Gasteiger charge is -2.12. The summed E-state index contributed by atoms with van der Waals surface area (Å²) in [6.45, 7) is 1.84. The first-order valence-electron chi connectivity index (χ1n) is 8.05. The van der Waals surface area contributed by atoms with Crippen LogP contribution in [0.5, 0.6) is 5.75 Å². The molecule has 0 aromatic heterocycles. The number of hydrogen-bond acceptors (Lipinski definition) is 3. The number of rotatable bonds is 7. The molecule has 2 rings (SSSR count). The van der Waals surface area contributed by atoms with Crippen LogP contribution in [0.1, 0.15) is 26.2 Å². The Morgan fingerprint density at radius 3 is 2.33 bits per heavy atom. The summed E-state index contributed by atoms with van der Waals surface area (Å²) in [5.41, 5.74) is 6.67. The lowest BCUT2D eigenvalue weighted by molar-refractivity contribution is -0.130. The summed E-state index contributed by atoms with van der Waals surface area (Å²) in [5, 5.41) is 0. The second-order valence-electron chi connectivity index (χ2n) is 5.35. The molecule has 0 heterocycles. The quantitative estimate of drug-likeness (QED) is 0.768.